The molecule has 21 heavy (non-hydrogen) atoms. The number of carbonyl (C=O) groups is 2. The first-order valence-electron chi connectivity index (χ1n) is 7.18. The zero-order valence-electron chi connectivity index (χ0n) is 12.1. The molecular weight excluding hydrogens is 290 g/mol. The highest BCUT2D eigenvalue weighted by Crippen LogP contribution is 2.24. The SMILES string of the molecule is CCNc1nc(N)c(C(=O)NCC(=O)N2CCCCC2)s1. The third kappa shape index (κ3) is 4.07. The second-order valence-corrected chi connectivity index (χ2v) is 5.89. The highest BCUT2D eigenvalue weighted by molar-refractivity contribution is 7.18. The van der Waals surface area contributed by atoms with Crippen LogP contribution in [0.25, 0.3) is 0 Å². The molecule has 7 nitrogen and oxygen atoms in total. The Kier molecular flexibility index (Phi) is 5.38. The van der Waals surface area contributed by atoms with Crippen molar-refractivity contribution in [2.24, 2.45) is 0 Å². The summed E-state index contributed by atoms with van der Waals surface area (Å²) in [5.74, 6) is -0.198. The maximum absolute atomic E-state index is 12.1. The summed E-state index contributed by atoms with van der Waals surface area (Å²) in [5, 5.41) is 6.25. The van der Waals surface area contributed by atoms with Crippen molar-refractivity contribution in [1.82, 2.24) is 15.2 Å². The molecule has 1 fully saturated rings. The van der Waals surface area contributed by atoms with Crippen molar-refractivity contribution >= 4 is 34.1 Å². The van der Waals surface area contributed by atoms with E-state index in [4.69, 9.17) is 5.73 Å². The molecule has 1 aliphatic heterocycles. The summed E-state index contributed by atoms with van der Waals surface area (Å²) < 4.78 is 0. The van der Waals surface area contributed by atoms with Crippen molar-refractivity contribution in [2.45, 2.75) is 26.2 Å². The van der Waals surface area contributed by atoms with Crippen molar-refractivity contribution < 1.29 is 9.59 Å². The van der Waals surface area contributed by atoms with Crippen LogP contribution in [0.3, 0.4) is 0 Å². The topological polar surface area (TPSA) is 100 Å². The Labute approximate surface area is 127 Å². The van der Waals surface area contributed by atoms with Crippen LogP contribution in [0.15, 0.2) is 0 Å². The number of nitrogens with two attached hydrogens (primary N) is 1. The molecule has 2 heterocycles. The van der Waals surface area contributed by atoms with Crippen LogP contribution in [0.1, 0.15) is 35.9 Å². The molecule has 116 valence electrons. The maximum Gasteiger partial charge on any atom is 0.265 e. The van der Waals surface area contributed by atoms with E-state index in [0.29, 0.717) is 16.6 Å². The standard InChI is InChI=1S/C13H21N5O2S/c1-2-15-13-17-11(14)10(21-13)12(20)16-8-9(19)18-6-4-3-5-7-18/h2-8,14H2,1H3,(H,15,17)(H,16,20). The lowest BCUT2D eigenvalue weighted by Crippen LogP contribution is -2.42. The molecule has 8 heteroatoms. The van der Waals surface area contributed by atoms with Crippen LogP contribution < -0.4 is 16.4 Å². The summed E-state index contributed by atoms with van der Waals surface area (Å²) in [6, 6.07) is 0. The molecule has 0 saturated carbocycles. The lowest BCUT2D eigenvalue weighted by molar-refractivity contribution is -0.130. The van der Waals surface area contributed by atoms with Gasteiger partial charge in [-0.1, -0.05) is 11.3 Å². The van der Waals surface area contributed by atoms with Crippen molar-refractivity contribution in [3.63, 3.8) is 0 Å². The number of rotatable bonds is 5. The van der Waals surface area contributed by atoms with Gasteiger partial charge in [-0.15, -0.1) is 0 Å². The summed E-state index contributed by atoms with van der Waals surface area (Å²) in [6.07, 6.45) is 3.24. The van der Waals surface area contributed by atoms with Gasteiger partial charge in [-0.05, 0) is 26.2 Å². The number of piperidine rings is 1. The zero-order valence-corrected chi connectivity index (χ0v) is 13.0. The Morgan fingerprint density at radius 3 is 2.71 bits per heavy atom. The van der Waals surface area contributed by atoms with Crippen LogP contribution in [0.5, 0.6) is 0 Å². The van der Waals surface area contributed by atoms with E-state index in [9.17, 15) is 9.59 Å². The largest absolute Gasteiger partial charge is 0.382 e. The Morgan fingerprint density at radius 2 is 2.05 bits per heavy atom. The molecule has 2 amide bonds. The number of anilines is 2. The minimum absolute atomic E-state index is 0.00666. The Bertz CT molecular complexity index is 511. The molecule has 1 aromatic heterocycles. The quantitative estimate of drug-likeness (QED) is 0.750. The van der Waals surface area contributed by atoms with Gasteiger partial charge in [0.05, 0.1) is 6.54 Å². The first kappa shape index (κ1) is 15.6. The van der Waals surface area contributed by atoms with E-state index in [1.807, 2.05) is 6.92 Å². The smallest absolute Gasteiger partial charge is 0.265 e. The summed E-state index contributed by atoms with van der Waals surface area (Å²) in [6.45, 7) is 4.22. The minimum Gasteiger partial charge on any atom is -0.382 e. The lowest BCUT2D eigenvalue weighted by Gasteiger charge is -2.26. The number of nitrogen functional groups attached to an aromatic ring is 1. The molecule has 1 aliphatic rings. The van der Waals surface area contributed by atoms with Gasteiger partial charge in [0.15, 0.2) is 5.13 Å². The van der Waals surface area contributed by atoms with Crippen LogP contribution in [0.2, 0.25) is 0 Å². The molecule has 1 aromatic rings. The normalized spacial score (nSPS) is 14.8. The number of aromatic nitrogens is 1. The fourth-order valence-electron chi connectivity index (χ4n) is 2.21. The van der Waals surface area contributed by atoms with E-state index in [0.717, 1.165) is 25.9 Å². The maximum atomic E-state index is 12.1. The van der Waals surface area contributed by atoms with E-state index < -0.39 is 0 Å². The number of likely N-dealkylation sites (tertiary alicyclic amines) is 1. The Hall–Kier alpha value is -1.83. The predicted molar refractivity (Wildman–Crippen MR) is 83.5 cm³/mol. The molecule has 4 N–H and O–H groups in total. The van der Waals surface area contributed by atoms with Crippen molar-refractivity contribution in [3.8, 4) is 0 Å². The number of hydrogen-bond donors (Lipinski definition) is 3. The first-order valence-corrected chi connectivity index (χ1v) is 7.99. The van der Waals surface area contributed by atoms with Gasteiger partial charge in [-0.3, -0.25) is 9.59 Å². The molecule has 2 rings (SSSR count). The summed E-state index contributed by atoms with van der Waals surface area (Å²) in [5.41, 5.74) is 5.72. The van der Waals surface area contributed by atoms with Gasteiger partial charge in [0, 0.05) is 19.6 Å². The highest BCUT2D eigenvalue weighted by atomic mass is 32.1. The van der Waals surface area contributed by atoms with Gasteiger partial charge < -0.3 is 21.3 Å². The number of nitrogens with one attached hydrogen (secondary N) is 2. The third-order valence-electron chi connectivity index (χ3n) is 3.30. The fourth-order valence-corrected chi connectivity index (χ4v) is 3.08. The predicted octanol–water partition coefficient (Wildman–Crippen LogP) is 0.899. The lowest BCUT2D eigenvalue weighted by atomic mass is 10.1. The van der Waals surface area contributed by atoms with Crippen molar-refractivity contribution in [2.75, 3.05) is 37.2 Å². The molecule has 0 radical (unpaired) electrons. The zero-order chi connectivity index (χ0) is 15.2. The molecular formula is C13H21N5O2S. The second kappa shape index (κ2) is 7.26. The van der Waals surface area contributed by atoms with E-state index >= 15 is 0 Å². The van der Waals surface area contributed by atoms with E-state index in [1.165, 1.54) is 17.8 Å². The third-order valence-corrected chi connectivity index (χ3v) is 4.32. The number of hydrogen-bond acceptors (Lipinski definition) is 6. The molecule has 0 unspecified atom stereocenters. The highest BCUT2D eigenvalue weighted by Gasteiger charge is 2.20. The summed E-state index contributed by atoms with van der Waals surface area (Å²) >= 11 is 1.20. The van der Waals surface area contributed by atoms with Crippen LogP contribution in [-0.2, 0) is 4.79 Å². The first-order chi connectivity index (χ1) is 10.1. The molecule has 0 aromatic carbocycles. The van der Waals surface area contributed by atoms with Crippen LogP contribution in [0, 0.1) is 0 Å². The number of nitrogens with zero attached hydrogens (tertiary/aromatic N) is 2. The molecule has 0 bridgehead atoms. The monoisotopic (exact) mass is 311 g/mol. The second-order valence-electron chi connectivity index (χ2n) is 4.89. The van der Waals surface area contributed by atoms with Gasteiger partial charge in [0.25, 0.3) is 5.91 Å². The van der Waals surface area contributed by atoms with Gasteiger partial charge in [-0.25, -0.2) is 4.98 Å². The van der Waals surface area contributed by atoms with Crippen molar-refractivity contribution in [1.29, 1.82) is 0 Å². The van der Waals surface area contributed by atoms with E-state index in [2.05, 4.69) is 15.6 Å². The van der Waals surface area contributed by atoms with E-state index in [-0.39, 0.29) is 24.2 Å². The van der Waals surface area contributed by atoms with Gasteiger partial charge >= 0.3 is 0 Å². The summed E-state index contributed by atoms with van der Waals surface area (Å²) in [4.78, 5) is 30.2. The summed E-state index contributed by atoms with van der Waals surface area (Å²) in [7, 11) is 0. The average molecular weight is 311 g/mol. The minimum atomic E-state index is -0.348. The molecule has 0 aliphatic carbocycles. The molecule has 0 atom stereocenters. The number of amides is 2. The van der Waals surface area contributed by atoms with Crippen LogP contribution in [0.4, 0.5) is 10.9 Å². The van der Waals surface area contributed by atoms with Crippen molar-refractivity contribution in [3.05, 3.63) is 4.88 Å². The van der Waals surface area contributed by atoms with Gasteiger partial charge in [0.1, 0.15) is 10.7 Å². The number of carbonyl (C=O) groups excluding carboxylic acids is 2. The fraction of sp³-hybridized carbons (Fsp3) is 0.615. The van der Waals surface area contributed by atoms with Crippen LogP contribution in [-0.4, -0.2) is 47.9 Å². The van der Waals surface area contributed by atoms with Crippen LogP contribution >= 0.6 is 11.3 Å². The van der Waals surface area contributed by atoms with E-state index in [1.54, 1.807) is 4.90 Å². The Morgan fingerprint density at radius 1 is 1.33 bits per heavy atom. The van der Waals surface area contributed by atoms with Gasteiger partial charge in [-0.2, -0.15) is 0 Å². The molecule has 1 saturated heterocycles. The Balaban J connectivity index is 1.87. The molecule has 0 spiro atoms. The van der Waals surface area contributed by atoms with Gasteiger partial charge in [0.2, 0.25) is 5.91 Å². The average Bonchev–Trinajstić information content (AvgIpc) is 2.86. The number of thiazole rings is 1.